The molecule has 2 atom stereocenters. The Morgan fingerprint density at radius 1 is 1.35 bits per heavy atom. The summed E-state index contributed by atoms with van der Waals surface area (Å²) in [4.78, 5) is 22.4. The number of aliphatic hydroxyl groups excluding tert-OH is 1. The van der Waals surface area contributed by atoms with Crippen LogP contribution in [0.2, 0.25) is 0 Å². The Morgan fingerprint density at radius 2 is 2.00 bits per heavy atom. The van der Waals surface area contributed by atoms with Gasteiger partial charge < -0.3 is 15.5 Å². The number of carbonyl (C=O) groups excluding carboxylic acids is 1. The summed E-state index contributed by atoms with van der Waals surface area (Å²) in [5, 5.41) is 21.2. The van der Waals surface area contributed by atoms with Gasteiger partial charge in [-0.05, 0) is 26.7 Å². The van der Waals surface area contributed by atoms with Crippen LogP contribution in [0, 0.1) is 11.3 Å². The van der Waals surface area contributed by atoms with E-state index in [2.05, 4.69) is 5.32 Å². The van der Waals surface area contributed by atoms with Crippen LogP contribution in [-0.4, -0.2) is 34.7 Å². The second kappa shape index (κ2) is 5.49. The highest BCUT2D eigenvalue weighted by Gasteiger charge is 2.31. The molecule has 5 heteroatoms. The van der Waals surface area contributed by atoms with Crippen LogP contribution in [0.25, 0.3) is 0 Å². The number of nitrogens with one attached hydrogen (secondary N) is 1. The van der Waals surface area contributed by atoms with Crippen LogP contribution in [0.4, 0.5) is 0 Å². The predicted molar refractivity (Wildman–Crippen MR) is 62.4 cm³/mol. The number of aliphatic carboxylic acids is 1. The summed E-state index contributed by atoms with van der Waals surface area (Å²) in [6, 6.07) is 0. The lowest BCUT2D eigenvalue weighted by Crippen LogP contribution is -2.37. The Bertz CT molecular complexity index is 301. The third-order valence-electron chi connectivity index (χ3n) is 3.36. The molecule has 1 rings (SSSR count). The van der Waals surface area contributed by atoms with Crippen LogP contribution in [0.1, 0.15) is 39.5 Å². The van der Waals surface area contributed by atoms with Gasteiger partial charge in [0.15, 0.2) is 0 Å². The SMILES string of the molecule is CC(C)(CC(=O)NCC1CCCC1O)C(=O)O. The second-order valence-corrected chi connectivity index (χ2v) is 5.43. The number of hydrogen-bond donors (Lipinski definition) is 3. The first-order chi connectivity index (χ1) is 7.83. The second-order valence-electron chi connectivity index (χ2n) is 5.43. The molecule has 1 aliphatic rings. The highest BCUT2D eigenvalue weighted by Crippen LogP contribution is 2.25. The molecule has 0 heterocycles. The van der Waals surface area contributed by atoms with Gasteiger partial charge in [-0.2, -0.15) is 0 Å². The Hall–Kier alpha value is -1.10. The minimum absolute atomic E-state index is 0.0366. The van der Waals surface area contributed by atoms with E-state index in [1.165, 1.54) is 13.8 Å². The number of carbonyl (C=O) groups is 2. The van der Waals surface area contributed by atoms with Crippen molar-refractivity contribution in [3.8, 4) is 0 Å². The zero-order valence-electron chi connectivity index (χ0n) is 10.4. The van der Waals surface area contributed by atoms with Gasteiger partial charge in [-0.3, -0.25) is 9.59 Å². The molecular formula is C12H21NO4. The Kier molecular flexibility index (Phi) is 4.51. The standard InChI is InChI=1S/C12H21NO4/c1-12(2,11(16)17)6-10(15)13-7-8-4-3-5-9(8)14/h8-9,14H,3-7H2,1-2H3,(H,13,15)(H,16,17). The minimum atomic E-state index is -1.04. The quantitative estimate of drug-likeness (QED) is 0.665. The summed E-state index contributed by atoms with van der Waals surface area (Å²) in [6.07, 6.45) is 2.33. The molecule has 5 nitrogen and oxygen atoms in total. The number of carboxylic acid groups (broad SMARTS) is 1. The molecule has 0 bridgehead atoms. The molecule has 17 heavy (non-hydrogen) atoms. The molecule has 1 aliphatic carbocycles. The maximum absolute atomic E-state index is 11.6. The van der Waals surface area contributed by atoms with Crippen LogP contribution >= 0.6 is 0 Å². The molecule has 0 aliphatic heterocycles. The number of aliphatic hydroxyl groups is 1. The number of rotatable bonds is 5. The zero-order chi connectivity index (χ0) is 13.1. The van der Waals surface area contributed by atoms with E-state index in [0.29, 0.717) is 6.54 Å². The lowest BCUT2D eigenvalue weighted by Gasteiger charge is -2.20. The maximum atomic E-state index is 11.6. The fourth-order valence-corrected chi connectivity index (χ4v) is 2.04. The highest BCUT2D eigenvalue weighted by molar-refractivity contribution is 5.84. The van der Waals surface area contributed by atoms with Gasteiger partial charge in [-0.15, -0.1) is 0 Å². The van der Waals surface area contributed by atoms with Crippen molar-refractivity contribution in [1.82, 2.24) is 5.32 Å². The van der Waals surface area contributed by atoms with E-state index in [1.807, 2.05) is 0 Å². The minimum Gasteiger partial charge on any atom is -0.481 e. The van der Waals surface area contributed by atoms with Gasteiger partial charge in [0.2, 0.25) is 5.91 Å². The molecule has 0 radical (unpaired) electrons. The summed E-state index contributed by atoms with van der Waals surface area (Å²) in [5.41, 5.74) is -1.04. The number of amides is 1. The van der Waals surface area contributed by atoms with Crippen LogP contribution < -0.4 is 5.32 Å². The predicted octanol–water partition coefficient (Wildman–Crippen LogP) is 0.764. The summed E-state index contributed by atoms with van der Waals surface area (Å²) >= 11 is 0. The van der Waals surface area contributed by atoms with Gasteiger partial charge in [-0.25, -0.2) is 0 Å². The van der Waals surface area contributed by atoms with Gasteiger partial charge >= 0.3 is 5.97 Å². The van der Waals surface area contributed by atoms with E-state index < -0.39 is 11.4 Å². The van der Waals surface area contributed by atoms with Crippen molar-refractivity contribution >= 4 is 11.9 Å². The first kappa shape index (κ1) is 14.0. The van der Waals surface area contributed by atoms with Crippen LogP contribution in [0.3, 0.4) is 0 Å². The Morgan fingerprint density at radius 3 is 2.47 bits per heavy atom. The molecule has 3 N–H and O–H groups in total. The normalized spacial score (nSPS) is 24.6. The Labute approximate surface area is 101 Å². The largest absolute Gasteiger partial charge is 0.481 e. The highest BCUT2D eigenvalue weighted by atomic mass is 16.4. The van der Waals surface area contributed by atoms with Crippen molar-refractivity contribution in [2.75, 3.05) is 6.54 Å². The van der Waals surface area contributed by atoms with E-state index in [0.717, 1.165) is 19.3 Å². The molecule has 0 aromatic carbocycles. The topological polar surface area (TPSA) is 86.6 Å². The van der Waals surface area contributed by atoms with Crippen molar-refractivity contribution in [3.05, 3.63) is 0 Å². The van der Waals surface area contributed by atoms with E-state index >= 15 is 0 Å². The fraction of sp³-hybridized carbons (Fsp3) is 0.833. The molecule has 0 saturated heterocycles. The molecule has 2 unspecified atom stereocenters. The van der Waals surface area contributed by atoms with Gasteiger partial charge in [0.1, 0.15) is 0 Å². The Balaban J connectivity index is 2.33. The third kappa shape index (κ3) is 4.00. The van der Waals surface area contributed by atoms with E-state index in [9.17, 15) is 14.7 Å². The van der Waals surface area contributed by atoms with Crippen molar-refractivity contribution in [3.63, 3.8) is 0 Å². The van der Waals surface area contributed by atoms with E-state index in [4.69, 9.17) is 5.11 Å². The lowest BCUT2D eigenvalue weighted by atomic mass is 9.89. The summed E-state index contributed by atoms with van der Waals surface area (Å²) in [5.74, 6) is -1.13. The molecule has 0 aromatic heterocycles. The fourth-order valence-electron chi connectivity index (χ4n) is 2.04. The molecule has 0 aromatic rings. The van der Waals surface area contributed by atoms with Gasteiger partial charge in [0, 0.05) is 18.9 Å². The van der Waals surface area contributed by atoms with Crippen LogP contribution in [0.15, 0.2) is 0 Å². The first-order valence-corrected chi connectivity index (χ1v) is 6.01. The van der Waals surface area contributed by atoms with Crippen molar-refractivity contribution < 1.29 is 19.8 Å². The average Bonchev–Trinajstić information content (AvgIpc) is 2.60. The van der Waals surface area contributed by atoms with E-state index in [1.54, 1.807) is 0 Å². The first-order valence-electron chi connectivity index (χ1n) is 6.01. The molecular weight excluding hydrogens is 222 g/mol. The monoisotopic (exact) mass is 243 g/mol. The summed E-state index contributed by atoms with van der Waals surface area (Å²) < 4.78 is 0. The van der Waals surface area contributed by atoms with E-state index in [-0.39, 0.29) is 24.3 Å². The molecule has 0 spiro atoms. The number of carboxylic acids is 1. The summed E-state index contributed by atoms with van der Waals surface area (Å²) in [6.45, 7) is 3.49. The van der Waals surface area contributed by atoms with Gasteiger partial charge in [0.05, 0.1) is 11.5 Å². The number of hydrogen-bond acceptors (Lipinski definition) is 3. The zero-order valence-corrected chi connectivity index (χ0v) is 10.4. The van der Waals surface area contributed by atoms with Gasteiger partial charge in [-0.1, -0.05) is 6.42 Å². The van der Waals surface area contributed by atoms with Gasteiger partial charge in [0.25, 0.3) is 0 Å². The van der Waals surface area contributed by atoms with Crippen molar-refractivity contribution in [2.24, 2.45) is 11.3 Å². The molecule has 98 valence electrons. The lowest BCUT2D eigenvalue weighted by molar-refractivity contribution is -0.149. The maximum Gasteiger partial charge on any atom is 0.309 e. The van der Waals surface area contributed by atoms with Crippen LogP contribution in [-0.2, 0) is 9.59 Å². The van der Waals surface area contributed by atoms with Crippen molar-refractivity contribution in [2.45, 2.75) is 45.6 Å². The molecule has 1 amide bonds. The smallest absolute Gasteiger partial charge is 0.309 e. The molecule has 1 fully saturated rings. The van der Waals surface area contributed by atoms with Crippen molar-refractivity contribution in [1.29, 1.82) is 0 Å². The average molecular weight is 243 g/mol. The molecule has 1 saturated carbocycles. The van der Waals surface area contributed by atoms with Crippen LogP contribution in [0.5, 0.6) is 0 Å². The third-order valence-corrected chi connectivity index (χ3v) is 3.36. The summed E-state index contributed by atoms with van der Waals surface area (Å²) in [7, 11) is 0.